The molecule has 8 heteroatoms. The molecule has 0 N–H and O–H groups in total. The summed E-state index contributed by atoms with van der Waals surface area (Å²) < 4.78 is 32.1. The summed E-state index contributed by atoms with van der Waals surface area (Å²) in [5.74, 6) is 0.996. The predicted octanol–water partition coefficient (Wildman–Crippen LogP) is 4.16. The summed E-state index contributed by atoms with van der Waals surface area (Å²) in [6.45, 7) is 3.51. The van der Waals surface area contributed by atoms with Crippen molar-refractivity contribution in [1.29, 1.82) is 0 Å². The average molecular weight is 532 g/mol. The van der Waals surface area contributed by atoms with Crippen molar-refractivity contribution in [1.82, 2.24) is 9.21 Å². The van der Waals surface area contributed by atoms with E-state index in [2.05, 4.69) is 24.1 Å². The van der Waals surface area contributed by atoms with Crippen LogP contribution in [0, 0.1) is 0 Å². The van der Waals surface area contributed by atoms with Crippen molar-refractivity contribution >= 4 is 21.6 Å². The number of rotatable bonds is 4. The van der Waals surface area contributed by atoms with Gasteiger partial charge < -0.3 is 14.5 Å². The molecule has 1 fully saturated rings. The molecule has 0 aromatic heterocycles. The van der Waals surface area contributed by atoms with Gasteiger partial charge in [0, 0.05) is 42.9 Å². The molecule has 3 aliphatic rings. The molecule has 3 aliphatic heterocycles. The smallest absolute Gasteiger partial charge is 0.258 e. The Morgan fingerprint density at radius 2 is 1.55 bits per heavy atom. The van der Waals surface area contributed by atoms with Crippen molar-refractivity contribution in [2.75, 3.05) is 52.3 Å². The SMILES string of the molecule is CN1CCC2(CC1)COc1cc3c(cc12)N(C(=O)c1ccc(-c2ccc(S(=O)(=O)N(C)C)cc2)cc1)CC3. The third-order valence-electron chi connectivity index (χ3n) is 8.44. The molecule has 1 amide bonds. The van der Waals surface area contributed by atoms with Crippen molar-refractivity contribution in [3.8, 4) is 16.9 Å². The lowest BCUT2D eigenvalue weighted by molar-refractivity contribution is 0.0989. The van der Waals surface area contributed by atoms with Crippen molar-refractivity contribution in [2.24, 2.45) is 0 Å². The summed E-state index contributed by atoms with van der Waals surface area (Å²) in [6.07, 6.45) is 2.98. The van der Waals surface area contributed by atoms with E-state index in [1.54, 1.807) is 24.3 Å². The first-order chi connectivity index (χ1) is 18.2. The molecule has 0 radical (unpaired) electrons. The number of likely N-dealkylation sites (tertiary alicyclic amines) is 1. The quantitative estimate of drug-likeness (QED) is 0.506. The molecule has 3 heterocycles. The number of benzene rings is 3. The van der Waals surface area contributed by atoms with Gasteiger partial charge in [-0.1, -0.05) is 24.3 Å². The molecule has 1 saturated heterocycles. The van der Waals surface area contributed by atoms with E-state index < -0.39 is 10.0 Å². The van der Waals surface area contributed by atoms with Crippen LogP contribution in [0.3, 0.4) is 0 Å². The van der Waals surface area contributed by atoms with Crippen LogP contribution in [0.25, 0.3) is 11.1 Å². The number of hydrogen-bond donors (Lipinski definition) is 0. The molecular weight excluding hydrogens is 498 g/mol. The Balaban J connectivity index is 1.23. The fourth-order valence-electron chi connectivity index (χ4n) is 5.90. The van der Waals surface area contributed by atoms with E-state index in [0.717, 1.165) is 61.5 Å². The highest BCUT2D eigenvalue weighted by molar-refractivity contribution is 7.89. The largest absolute Gasteiger partial charge is 0.492 e. The Bertz CT molecular complexity index is 1490. The highest BCUT2D eigenvalue weighted by Crippen LogP contribution is 2.49. The minimum absolute atomic E-state index is 0.000910. The number of piperidine rings is 1. The van der Waals surface area contributed by atoms with Crippen LogP contribution in [-0.4, -0.2) is 70.9 Å². The summed E-state index contributed by atoms with van der Waals surface area (Å²) in [5, 5.41) is 0. The molecule has 3 aromatic carbocycles. The Hall–Kier alpha value is -3.20. The standard InChI is InChI=1S/C30H33N3O4S/c1-31(2)38(35,36)25-10-8-22(9-11-25)21-4-6-23(7-5-21)29(34)33-15-12-24-18-28-26(19-27(24)33)30(20-37-28)13-16-32(3)17-14-30/h4-11,18-19H,12-17,20H2,1-3H3. The van der Waals surface area contributed by atoms with Gasteiger partial charge in [0.05, 0.1) is 11.5 Å². The number of anilines is 1. The molecule has 0 unspecified atom stereocenters. The lowest BCUT2D eigenvalue weighted by Gasteiger charge is -2.37. The zero-order valence-corrected chi connectivity index (χ0v) is 22.9. The number of hydrogen-bond acceptors (Lipinski definition) is 5. The number of fused-ring (bicyclic) bond motifs is 3. The highest BCUT2D eigenvalue weighted by Gasteiger charge is 2.44. The van der Waals surface area contributed by atoms with Crippen LogP contribution in [0.5, 0.6) is 5.75 Å². The molecule has 0 aliphatic carbocycles. The molecule has 38 heavy (non-hydrogen) atoms. The Labute approximate surface area is 224 Å². The molecule has 3 aromatic rings. The first-order valence-corrected chi connectivity index (χ1v) is 14.6. The van der Waals surface area contributed by atoms with Crippen LogP contribution in [0.4, 0.5) is 5.69 Å². The van der Waals surface area contributed by atoms with Gasteiger partial charge in [0.1, 0.15) is 5.75 Å². The normalized spacial score (nSPS) is 18.5. The van der Waals surface area contributed by atoms with Crippen LogP contribution in [-0.2, 0) is 21.9 Å². The second-order valence-electron chi connectivity index (χ2n) is 10.9. The number of carbonyl (C=O) groups excluding carboxylic acids is 1. The van der Waals surface area contributed by atoms with Crippen LogP contribution in [0.15, 0.2) is 65.6 Å². The monoisotopic (exact) mass is 531 g/mol. The van der Waals surface area contributed by atoms with Gasteiger partial charge >= 0.3 is 0 Å². The van der Waals surface area contributed by atoms with E-state index in [1.165, 1.54) is 29.5 Å². The van der Waals surface area contributed by atoms with Gasteiger partial charge in [-0.2, -0.15) is 0 Å². The minimum Gasteiger partial charge on any atom is -0.492 e. The van der Waals surface area contributed by atoms with Crippen molar-refractivity contribution < 1.29 is 17.9 Å². The maximum atomic E-state index is 13.6. The number of ether oxygens (including phenoxy) is 1. The van der Waals surface area contributed by atoms with E-state index >= 15 is 0 Å². The van der Waals surface area contributed by atoms with Gasteiger partial charge in [0.25, 0.3) is 5.91 Å². The Morgan fingerprint density at radius 1 is 0.921 bits per heavy atom. The summed E-state index contributed by atoms with van der Waals surface area (Å²) in [6, 6.07) is 18.8. The molecular formula is C30H33N3O4S. The highest BCUT2D eigenvalue weighted by atomic mass is 32.2. The summed E-state index contributed by atoms with van der Waals surface area (Å²) in [7, 11) is 1.74. The van der Waals surface area contributed by atoms with E-state index in [-0.39, 0.29) is 16.2 Å². The molecule has 0 bridgehead atoms. The third-order valence-corrected chi connectivity index (χ3v) is 10.3. The van der Waals surface area contributed by atoms with E-state index in [1.807, 2.05) is 29.2 Å². The zero-order valence-electron chi connectivity index (χ0n) is 22.1. The second-order valence-corrected chi connectivity index (χ2v) is 13.1. The van der Waals surface area contributed by atoms with Crippen molar-refractivity contribution in [3.05, 3.63) is 77.4 Å². The van der Waals surface area contributed by atoms with Gasteiger partial charge in [-0.3, -0.25) is 4.79 Å². The molecule has 6 rings (SSSR count). The van der Waals surface area contributed by atoms with Gasteiger partial charge in [-0.05, 0) is 92.5 Å². The van der Waals surface area contributed by atoms with Crippen LogP contribution >= 0.6 is 0 Å². The molecule has 1 spiro atoms. The minimum atomic E-state index is -3.47. The number of nitrogens with zero attached hydrogens (tertiary/aromatic N) is 3. The lowest BCUT2D eigenvalue weighted by atomic mass is 9.74. The molecule has 0 saturated carbocycles. The fraction of sp³-hybridized carbons (Fsp3) is 0.367. The second kappa shape index (κ2) is 9.22. The van der Waals surface area contributed by atoms with Gasteiger partial charge in [-0.15, -0.1) is 0 Å². The maximum absolute atomic E-state index is 13.6. The summed E-state index contributed by atoms with van der Waals surface area (Å²) in [5.41, 5.74) is 5.96. The summed E-state index contributed by atoms with van der Waals surface area (Å²) >= 11 is 0. The molecule has 7 nitrogen and oxygen atoms in total. The van der Waals surface area contributed by atoms with Crippen LogP contribution in [0.2, 0.25) is 0 Å². The van der Waals surface area contributed by atoms with E-state index in [4.69, 9.17) is 4.74 Å². The van der Waals surface area contributed by atoms with Gasteiger partial charge in [-0.25, -0.2) is 12.7 Å². The first-order valence-electron chi connectivity index (χ1n) is 13.1. The first kappa shape index (κ1) is 25.1. The van der Waals surface area contributed by atoms with E-state index in [0.29, 0.717) is 12.1 Å². The number of amides is 1. The zero-order chi connectivity index (χ0) is 26.7. The van der Waals surface area contributed by atoms with Crippen molar-refractivity contribution in [2.45, 2.75) is 29.6 Å². The Kier molecular flexibility index (Phi) is 6.09. The van der Waals surface area contributed by atoms with Gasteiger partial charge in [0.15, 0.2) is 0 Å². The van der Waals surface area contributed by atoms with Crippen LogP contribution < -0.4 is 9.64 Å². The average Bonchev–Trinajstić information content (AvgIpc) is 3.50. The summed E-state index contributed by atoms with van der Waals surface area (Å²) in [4.78, 5) is 18.1. The van der Waals surface area contributed by atoms with Crippen molar-refractivity contribution in [3.63, 3.8) is 0 Å². The third kappa shape index (κ3) is 4.11. The number of carbonyl (C=O) groups is 1. The topological polar surface area (TPSA) is 70.2 Å². The molecule has 0 atom stereocenters. The fourth-order valence-corrected chi connectivity index (χ4v) is 6.81. The molecule has 198 valence electrons. The van der Waals surface area contributed by atoms with E-state index in [9.17, 15) is 13.2 Å². The lowest BCUT2D eigenvalue weighted by Crippen LogP contribution is -2.42. The number of sulfonamides is 1. The van der Waals surface area contributed by atoms with Gasteiger partial charge in [0.2, 0.25) is 10.0 Å². The predicted molar refractivity (Wildman–Crippen MR) is 148 cm³/mol. The maximum Gasteiger partial charge on any atom is 0.258 e. The Morgan fingerprint density at radius 3 is 2.18 bits per heavy atom. The van der Waals surface area contributed by atoms with Crippen LogP contribution in [0.1, 0.15) is 34.3 Å².